The maximum atomic E-state index is 5.27. The maximum Gasteiger partial charge on any atom is 0.0502 e. The molecule has 4 heteroatoms. The Morgan fingerprint density at radius 2 is 2.13 bits per heavy atom. The molecule has 0 aromatic heterocycles. The molecule has 2 aliphatic heterocycles. The lowest BCUT2D eigenvalue weighted by Gasteiger charge is -2.38. The third-order valence-corrected chi connectivity index (χ3v) is 3.48. The number of hydrogen-bond acceptors (Lipinski definition) is 3. The third kappa shape index (κ3) is 3.59. The predicted octanol–water partition coefficient (Wildman–Crippen LogP) is 1.13. The van der Waals surface area contributed by atoms with Gasteiger partial charge in [-0.2, -0.15) is 0 Å². The van der Waals surface area contributed by atoms with Crippen molar-refractivity contribution < 1.29 is 4.74 Å². The molecule has 0 aromatic rings. The largest absolute Gasteiger partial charge is 0.384 e. The Labute approximate surface area is 99.0 Å². The fourth-order valence-electron chi connectivity index (χ4n) is 2.50. The van der Waals surface area contributed by atoms with Crippen LogP contribution in [0.5, 0.6) is 0 Å². The Kier molecular flexibility index (Phi) is 5.90. The van der Waals surface area contributed by atoms with E-state index in [0.717, 1.165) is 18.6 Å². The Morgan fingerprint density at radius 3 is 2.73 bits per heavy atom. The number of methoxy groups -OCH3 is 1. The van der Waals surface area contributed by atoms with Crippen LogP contribution in [0.15, 0.2) is 0 Å². The van der Waals surface area contributed by atoms with Crippen molar-refractivity contribution in [2.24, 2.45) is 5.92 Å². The van der Waals surface area contributed by atoms with Crippen LogP contribution in [0.1, 0.15) is 19.3 Å². The van der Waals surface area contributed by atoms with E-state index in [1.807, 2.05) is 7.11 Å². The minimum atomic E-state index is 0. The number of ether oxygens (including phenoxy) is 1. The first-order valence-electron chi connectivity index (χ1n) is 5.84. The first-order valence-corrected chi connectivity index (χ1v) is 5.84. The number of likely N-dealkylation sites (tertiary alicyclic amines) is 1. The molecule has 0 bridgehead atoms. The summed E-state index contributed by atoms with van der Waals surface area (Å²) < 4.78 is 5.27. The van der Waals surface area contributed by atoms with Gasteiger partial charge in [-0.15, -0.1) is 12.4 Å². The van der Waals surface area contributed by atoms with Crippen molar-refractivity contribution in [2.75, 3.05) is 39.9 Å². The molecular formula is C11H23ClN2O. The number of rotatable bonds is 3. The highest BCUT2D eigenvalue weighted by atomic mass is 35.5. The molecule has 15 heavy (non-hydrogen) atoms. The average molecular weight is 235 g/mol. The van der Waals surface area contributed by atoms with Crippen LogP contribution in [0.2, 0.25) is 0 Å². The van der Waals surface area contributed by atoms with Crippen LogP contribution >= 0.6 is 12.4 Å². The zero-order valence-corrected chi connectivity index (χ0v) is 10.4. The highest BCUT2D eigenvalue weighted by Gasteiger charge is 2.27. The van der Waals surface area contributed by atoms with E-state index >= 15 is 0 Å². The van der Waals surface area contributed by atoms with Gasteiger partial charge in [-0.05, 0) is 25.3 Å². The summed E-state index contributed by atoms with van der Waals surface area (Å²) in [6, 6.07) is 0.812. The summed E-state index contributed by atoms with van der Waals surface area (Å²) in [6.07, 6.45) is 4.10. The first kappa shape index (κ1) is 13.2. The predicted molar refractivity (Wildman–Crippen MR) is 64.7 cm³/mol. The molecule has 2 heterocycles. The second-order valence-electron chi connectivity index (χ2n) is 4.62. The molecule has 0 aromatic carbocycles. The molecule has 0 radical (unpaired) electrons. The van der Waals surface area contributed by atoms with Crippen LogP contribution in [0.4, 0.5) is 0 Å². The van der Waals surface area contributed by atoms with Gasteiger partial charge in [0.15, 0.2) is 0 Å². The van der Waals surface area contributed by atoms with Crippen molar-refractivity contribution in [1.82, 2.24) is 10.2 Å². The van der Waals surface area contributed by atoms with E-state index in [-0.39, 0.29) is 12.4 Å². The summed E-state index contributed by atoms with van der Waals surface area (Å²) in [7, 11) is 1.82. The van der Waals surface area contributed by atoms with Gasteiger partial charge in [0.05, 0.1) is 6.61 Å². The Morgan fingerprint density at radius 1 is 1.33 bits per heavy atom. The fraction of sp³-hybridized carbons (Fsp3) is 1.00. The molecule has 0 amide bonds. The molecule has 0 spiro atoms. The van der Waals surface area contributed by atoms with Gasteiger partial charge in [0.1, 0.15) is 0 Å². The summed E-state index contributed by atoms with van der Waals surface area (Å²) in [5.41, 5.74) is 0. The molecule has 1 N–H and O–H groups in total. The number of nitrogens with zero attached hydrogens (tertiary/aromatic N) is 1. The van der Waals surface area contributed by atoms with Crippen molar-refractivity contribution >= 4 is 12.4 Å². The van der Waals surface area contributed by atoms with Crippen molar-refractivity contribution in [3.05, 3.63) is 0 Å². The lowest BCUT2D eigenvalue weighted by molar-refractivity contribution is 0.0925. The maximum absolute atomic E-state index is 5.27. The quantitative estimate of drug-likeness (QED) is 0.793. The Bertz CT molecular complexity index is 176. The average Bonchev–Trinajstić information content (AvgIpc) is 2.28. The van der Waals surface area contributed by atoms with Crippen LogP contribution < -0.4 is 5.32 Å². The minimum absolute atomic E-state index is 0. The van der Waals surface area contributed by atoms with Crippen LogP contribution in [0, 0.1) is 5.92 Å². The van der Waals surface area contributed by atoms with E-state index in [1.54, 1.807) is 0 Å². The fourth-order valence-corrected chi connectivity index (χ4v) is 2.50. The normalized spacial score (nSPS) is 29.0. The van der Waals surface area contributed by atoms with Crippen LogP contribution in [0.3, 0.4) is 0 Å². The van der Waals surface area contributed by atoms with Gasteiger partial charge in [-0.3, -0.25) is 4.90 Å². The van der Waals surface area contributed by atoms with E-state index in [4.69, 9.17) is 4.74 Å². The molecule has 2 saturated heterocycles. The molecule has 3 nitrogen and oxygen atoms in total. The van der Waals surface area contributed by atoms with Gasteiger partial charge in [0, 0.05) is 32.8 Å². The molecule has 2 aliphatic rings. The van der Waals surface area contributed by atoms with Gasteiger partial charge in [0.2, 0.25) is 0 Å². The summed E-state index contributed by atoms with van der Waals surface area (Å²) >= 11 is 0. The topological polar surface area (TPSA) is 24.5 Å². The van der Waals surface area contributed by atoms with Crippen molar-refractivity contribution in [3.63, 3.8) is 0 Å². The van der Waals surface area contributed by atoms with Gasteiger partial charge >= 0.3 is 0 Å². The molecule has 0 aliphatic carbocycles. The van der Waals surface area contributed by atoms with Crippen LogP contribution in [-0.2, 0) is 4.74 Å². The van der Waals surface area contributed by atoms with E-state index in [2.05, 4.69) is 10.2 Å². The number of nitrogens with one attached hydrogen (secondary N) is 1. The summed E-state index contributed by atoms with van der Waals surface area (Å²) in [5, 5.41) is 3.35. The highest BCUT2D eigenvalue weighted by molar-refractivity contribution is 5.85. The zero-order valence-electron chi connectivity index (χ0n) is 9.58. The third-order valence-electron chi connectivity index (χ3n) is 3.48. The minimum Gasteiger partial charge on any atom is -0.384 e. The molecule has 1 atom stereocenters. The lowest BCUT2D eigenvalue weighted by Crippen LogP contribution is -2.58. The molecule has 1 unspecified atom stereocenters. The lowest BCUT2D eigenvalue weighted by atomic mass is 10.0. The van der Waals surface area contributed by atoms with Crippen molar-refractivity contribution in [2.45, 2.75) is 25.3 Å². The van der Waals surface area contributed by atoms with Gasteiger partial charge in [-0.25, -0.2) is 0 Å². The van der Waals surface area contributed by atoms with E-state index in [1.165, 1.54) is 45.4 Å². The van der Waals surface area contributed by atoms with Gasteiger partial charge < -0.3 is 10.1 Å². The van der Waals surface area contributed by atoms with E-state index < -0.39 is 0 Å². The highest BCUT2D eigenvalue weighted by Crippen LogP contribution is 2.19. The second kappa shape index (κ2) is 6.69. The van der Waals surface area contributed by atoms with Crippen molar-refractivity contribution in [1.29, 1.82) is 0 Å². The van der Waals surface area contributed by atoms with Gasteiger partial charge in [0.25, 0.3) is 0 Å². The van der Waals surface area contributed by atoms with E-state index in [0.29, 0.717) is 0 Å². The first-order chi connectivity index (χ1) is 6.90. The summed E-state index contributed by atoms with van der Waals surface area (Å²) in [4.78, 5) is 2.66. The molecule has 90 valence electrons. The van der Waals surface area contributed by atoms with E-state index in [9.17, 15) is 0 Å². The number of halogens is 1. The standard InChI is InChI=1S/C11H22N2O.ClH/c1-14-9-10-4-2-3-5-13(8-10)11-6-12-7-11;/h10-12H,2-9H2,1H3;1H. The van der Waals surface area contributed by atoms with Gasteiger partial charge in [-0.1, -0.05) is 6.42 Å². The molecule has 2 rings (SSSR count). The van der Waals surface area contributed by atoms with Crippen LogP contribution in [0.25, 0.3) is 0 Å². The number of hydrogen-bond donors (Lipinski definition) is 1. The molecule has 0 saturated carbocycles. The SMILES string of the molecule is COCC1CCCCN(C2CNC2)C1.Cl. The van der Waals surface area contributed by atoms with Crippen molar-refractivity contribution in [3.8, 4) is 0 Å². The smallest absolute Gasteiger partial charge is 0.0502 e. The van der Waals surface area contributed by atoms with Crippen LogP contribution in [-0.4, -0.2) is 50.8 Å². The Balaban J connectivity index is 0.00000112. The Hall–Kier alpha value is 0.170. The summed E-state index contributed by atoms with van der Waals surface area (Å²) in [5.74, 6) is 0.767. The monoisotopic (exact) mass is 234 g/mol. The zero-order chi connectivity index (χ0) is 9.80. The second-order valence-corrected chi connectivity index (χ2v) is 4.62. The molecule has 2 fully saturated rings. The molecular weight excluding hydrogens is 212 g/mol. The summed E-state index contributed by atoms with van der Waals surface area (Å²) in [6.45, 7) is 5.88.